The average molecular weight is 260 g/mol. The molecule has 0 fully saturated rings. The van der Waals surface area contributed by atoms with Gasteiger partial charge in [0.05, 0.1) is 18.9 Å². The van der Waals surface area contributed by atoms with E-state index in [-0.39, 0.29) is 5.91 Å². The first-order valence-electron chi connectivity index (χ1n) is 6.28. The van der Waals surface area contributed by atoms with Gasteiger partial charge in [-0.1, -0.05) is 13.0 Å². The average Bonchev–Trinajstić information content (AvgIpc) is 2.38. The van der Waals surface area contributed by atoms with Crippen LogP contribution in [0.3, 0.4) is 0 Å². The molecule has 19 heavy (non-hydrogen) atoms. The van der Waals surface area contributed by atoms with Crippen LogP contribution in [0.2, 0.25) is 0 Å². The molecule has 0 spiro atoms. The number of rotatable bonds is 4. The predicted molar refractivity (Wildman–Crippen MR) is 75.3 cm³/mol. The Morgan fingerprint density at radius 3 is 2.58 bits per heavy atom. The first-order valence-corrected chi connectivity index (χ1v) is 6.28. The molecule has 0 aromatic heterocycles. The van der Waals surface area contributed by atoms with Gasteiger partial charge in [0.25, 0.3) is 0 Å². The molecule has 0 heterocycles. The summed E-state index contributed by atoms with van der Waals surface area (Å²) in [6.45, 7) is 5.74. The number of nitriles is 1. The molecule has 1 unspecified atom stereocenters. The highest BCUT2D eigenvalue weighted by atomic mass is 16.5. The molecule has 0 aliphatic heterocycles. The number of aryl methyl sites for hydroxylation is 2. The lowest BCUT2D eigenvalue weighted by atomic mass is 10.0. The van der Waals surface area contributed by atoms with Crippen molar-refractivity contribution in [3.05, 3.63) is 23.3 Å². The second-order valence-electron chi connectivity index (χ2n) is 4.62. The molecule has 1 aromatic carbocycles. The number of amides is 1. The molecule has 1 amide bonds. The fourth-order valence-corrected chi connectivity index (χ4v) is 2.12. The maximum absolute atomic E-state index is 12.2. The van der Waals surface area contributed by atoms with E-state index in [1.165, 1.54) is 4.90 Å². The van der Waals surface area contributed by atoms with Crippen LogP contribution in [0, 0.1) is 31.1 Å². The first-order chi connectivity index (χ1) is 8.96. The highest BCUT2D eigenvalue weighted by molar-refractivity contribution is 5.97. The smallest absolute Gasteiger partial charge is 0.244 e. The Hall–Kier alpha value is -2.02. The first kappa shape index (κ1) is 15.0. The summed E-state index contributed by atoms with van der Waals surface area (Å²) in [5, 5.41) is 9.00. The zero-order valence-corrected chi connectivity index (χ0v) is 12.2. The van der Waals surface area contributed by atoms with E-state index >= 15 is 0 Å². The SMILES string of the molecule is CCC(C#N)C(=O)N(C)c1cc(C)cc(C)c1OC. The van der Waals surface area contributed by atoms with Crippen molar-refractivity contribution in [2.75, 3.05) is 19.1 Å². The van der Waals surface area contributed by atoms with E-state index < -0.39 is 5.92 Å². The van der Waals surface area contributed by atoms with Crippen LogP contribution in [0.4, 0.5) is 5.69 Å². The molecule has 1 atom stereocenters. The van der Waals surface area contributed by atoms with E-state index in [1.54, 1.807) is 14.2 Å². The van der Waals surface area contributed by atoms with Crippen LogP contribution in [0.15, 0.2) is 12.1 Å². The van der Waals surface area contributed by atoms with Crippen LogP contribution in [0.5, 0.6) is 5.75 Å². The Morgan fingerprint density at radius 1 is 1.47 bits per heavy atom. The lowest BCUT2D eigenvalue weighted by Crippen LogP contribution is -2.32. The molecule has 4 nitrogen and oxygen atoms in total. The Labute approximate surface area is 114 Å². The monoisotopic (exact) mass is 260 g/mol. The van der Waals surface area contributed by atoms with Crippen molar-refractivity contribution in [1.29, 1.82) is 5.26 Å². The van der Waals surface area contributed by atoms with E-state index in [0.717, 1.165) is 11.1 Å². The molecule has 1 aromatic rings. The minimum Gasteiger partial charge on any atom is -0.494 e. The topological polar surface area (TPSA) is 53.3 Å². The summed E-state index contributed by atoms with van der Waals surface area (Å²) in [5.74, 6) is -0.141. The minimum absolute atomic E-state index is 0.201. The molecule has 0 aliphatic rings. The van der Waals surface area contributed by atoms with Gasteiger partial charge < -0.3 is 9.64 Å². The number of benzene rings is 1. The Bertz CT molecular complexity index is 518. The van der Waals surface area contributed by atoms with Crippen LogP contribution in [0.1, 0.15) is 24.5 Å². The maximum atomic E-state index is 12.2. The summed E-state index contributed by atoms with van der Waals surface area (Å²) < 4.78 is 5.37. The molecule has 0 saturated carbocycles. The number of carbonyl (C=O) groups excluding carboxylic acids is 1. The van der Waals surface area contributed by atoms with E-state index in [4.69, 9.17) is 10.00 Å². The molecular formula is C15H20N2O2. The summed E-state index contributed by atoms with van der Waals surface area (Å²) in [6, 6.07) is 5.94. The Morgan fingerprint density at radius 2 is 2.11 bits per heavy atom. The number of nitrogens with zero attached hydrogens (tertiary/aromatic N) is 2. The molecule has 0 saturated heterocycles. The largest absolute Gasteiger partial charge is 0.494 e. The standard InChI is InChI=1S/C15H20N2O2/c1-6-12(9-16)15(18)17(4)13-8-10(2)7-11(3)14(13)19-5/h7-8,12H,6H2,1-5H3. The minimum atomic E-state index is -0.615. The molecule has 0 radical (unpaired) electrons. The second-order valence-corrected chi connectivity index (χ2v) is 4.62. The lowest BCUT2D eigenvalue weighted by Gasteiger charge is -2.23. The molecule has 102 valence electrons. The van der Waals surface area contributed by atoms with Gasteiger partial charge in [-0.2, -0.15) is 5.26 Å². The van der Waals surface area contributed by atoms with Crippen molar-refractivity contribution in [1.82, 2.24) is 0 Å². The van der Waals surface area contributed by atoms with Crippen LogP contribution >= 0.6 is 0 Å². The summed E-state index contributed by atoms with van der Waals surface area (Å²) >= 11 is 0. The van der Waals surface area contributed by atoms with Crippen molar-refractivity contribution in [2.45, 2.75) is 27.2 Å². The molecule has 1 rings (SSSR count). The van der Waals surface area contributed by atoms with E-state index in [2.05, 4.69) is 0 Å². The fourth-order valence-electron chi connectivity index (χ4n) is 2.12. The normalized spacial score (nSPS) is 11.6. The van der Waals surface area contributed by atoms with Crippen LogP contribution in [-0.2, 0) is 4.79 Å². The Balaban J connectivity index is 3.23. The number of hydrogen-bond acceptors (Lipinski definition) is 3. The molecular weight excluding hydrogens is 240 g/mol. The van der Waals surface area contributed by atoms with E-state index in [1.807, 2.05) is 39.0 Å². The third-order valence-electron chi connectivity index (χ3n) is 3.16. The van der Waals surface area contributed by atoms with Gasteiger partial charge in [0.2, 0.25) is 5.91 Å². The van der Waals surface area contributed by atoms with Gasteiger partial charge in [0.15, 0.2) is 0 Å². The summed E-state index contributed by atoms with van der Waals surface area (Å²) in [5.41, 5.74) is 2.74. The molecule has 0 bridgehead atoms. The number of ether oxygens (including phenoxy) is 1. The maximum Gasteiger partial charge on any atom is 0.244 e. The third kappa shape index (κ3) is 3.05. The van der Waals surface area contributed by atoms with Crippen molar-refractivity contribution in [2.24, 2.45) is 5.92 Å². The van der Waals surface area contributed by atoms with Crippen molar-refractivity contribution in [3.63, 3.8) is 0 Å². The van der Waals surface area contributed by atoms with Gasteiger partial charge in [0, 0.05) is 7.05 Å². The van der Waals surface area contributed by atoms with Gasteiger partial charge in [-0.15, -0.1) is 0 Å². The summed E-state index contributed by atoms with van der Waals surface area (Å²) in [7, 11) is 3.26. The van der Waals surface area contributed by atoms with Gasteiger partial charge >= 0.3 is 0 Å². The summed E-state index contributed by atoms with van der Waals surface area (Å²) in [4.78, 5) is 13.8. The van der Waals surface area contributed by atoms with E-state index in [0.29, 0.717) is 17.9 Å². The summed E-state index contributed by atoms with van der Waals surface area (Å²) in [6.07, 6.45) is 0.507. The number of hydrogen-bond donors (Lipinski definition) is 0. The quantitative estimate of drug-likeness (QED) is 0.836. The van der Waals surface area contributed by atoms with Gasteiger partial charge in [0.1, 0.15) is 11.7 Å². The number of methoxy groups -OCH3 is 1. The molecule has 0 N–H and O–H groups in total. The Kier molecular flexibility index (Phi) is 4.94. The van der Waals surface area contributed by atoms with Crippen LogP contribution < -0.4 is 9.64 Å². The van der Waals surface area contributed by atoms with Crippen LogP contribution in [0.25, 0.3) is 0 Å². The number of carbonyl (C=O) groups is 1. The van der Waals surface area contributed by atoms with Gasteiger partial charge in [-0.05, 0) is 37.5 Å². The van der Waals surface area contributed by atoms with Gasteiger partial charge in [-0.25, -0.2) is 0 Å². The zero-order chi connectivity index (χ0) is 14.6. The lowest BCUT2D eigenvalue weighted by molar-refractivity contribution is -0.120. The molecule has 0 aliphatic carbocycles. The van der Waals surface area contributed by atoms with E-state index in [9.17, 15) is 4.79 Å². The van der Waals surface area contributed by atoms with Crippen molar-refractivity contribution >= 4 is 11.6 Å². The van der Waals surface area contributed by atoms with Gasteiger partial charge in [-0.3, -0.25) is 4.79 Å². The molecule has 4 heteroatoms. The van der Waals surface area contributed by atoms with Crippen LogP contribution in [-0.4, -0.2) is 20.1 Å². The van der Waals surface area contributed by atoms with Crippen molar-refractivity contribution < 1.29 is 9.53 Å². The third-order valence-corrected chi connectivity index (χ3v) is 3.16. The zero-order valence-electron chi connectivity index (χ0n) is 12.2. The fraction of sp³-hybridized carbons (Fsp3) is 0.467. The second kappa shape index (κ2) is 6.24. The highest BCUT2D eigenvalue weighted by Gasteiger charge is 2.23. The van der Waals surface area contributed by atoms with Crippen molar-refractivity contribution in [3.8, 4) is 11.8 Å². The predicted octanol–water partition coefficient (Wildman–Crippen LogP) is 2.82. The number of anilines is 1. The highest BCUT2D eigenvalue weighted by Crippen LogP contribution is 2.33.